The quantitative estimate of drug-likeness (QED) is 0.644. The van der Waals surface area contributed by atoms with E-state index in [0.717, 1.165) is 0 Å². The van der Waals surface area contributed by atoms with Gasteiger partial charge in [-0.1, -0.05) is 20.8 Å². The van der Waals surface area contributed by atoms with E-state index >= 15 is 0 Å². The molecule has 76 valence electrons. The van der Waals surface area contributed by atoms with Crippen LogP contribution in [0, 0.1) is 12.3 Å². The fourth-order valence-electron chi connectivity index (χ4n) is 1.17. The van der Waals surface area contributed by atoms with Crippen LogP contribution in [0.4, 0.5) is 0 Å². The molecule has 0 aliphatic heterocycles. The molecule has 0 aliphatic rings. The van der Waals surface area contributed by atoms with Crippen molar-refractivity contribution < 1.29 is 9.21 Å². The van der Waals surface area contributed by atoms with Gasteiger partial charge in [-0.2, -0.15) is 0 Å². The van der Waals surface area contributed by atoms with E-state index in [2.05, 4.69) is 0 Å². The molecule has 0 bridgehead atoms. The summed E-state index contributed by atoms with van der Waals surface area (Å²) in [5, 5.41) is 0. The summed E-state index contributed by atoms with van der Waals surface area (Å²) in [6.07, 6.45) is 0. The molecule has 1 aromatic rings. The zero-order valence-corrected chi connectivity index (χ0v) is 8.88. The number of rotatable bonds is 1. The van der Waals surface area contributed by atoms with Crippen LogP contribution in [-0.4, -0.2) is 5.78 Å². The summed E-state index contributed by atoms with van der Waals surface area (Å²) < 4.78 is 4.77. The average Bonchev–Trinajstić information content (AvgIpc) is 1.99. The monoisotopic (exact) mass is 194 g/mol. The van der Waals surface area contributed by atoms with Crippen molar-refractivity contribution in [1.29, 1.82) is 0 Å². The van der Waals surface area contributed by atoms with Crippen LogP contribution >= 0.6 is 0 Å². The highest BCUT2D eigenvalue weighted by Gasteiger charge is 2.23. The molecule has 14 heavy (non-hydrogen) atoms. The van der Waals surface area contributed by atoms with Crippen molar-refractivity contribution in [2.24, 2.45) is 5.41 Å². The maximum Gasteiger partial charge on any atom is 0.336 e. The Labute approximate surface area is 82.7 Å². The summed E-state index contributed by atoms with van der Waals surface area (Å²) in [4.78, 5) is 22.8. The summed E-state index contributed by atoms with van der Waals surface area (Å²) in [5.74, 6) is 0.415. The van der Waals surface area contributed by atoms with Gasteiger partial charge in [0.1, 0.15) is 5.76 Å². The molecule has 0 saturated carbocycles. The third-order valence-electron chi connectivity index (χ3n) is 1.84. The second-order valence-corrected chi connectivity index (χ2v) is 4.35. The zero-order chi connectivity index (χ0) is 10.9. The summed E-state index contributed by atoms with van der Waals surface area (Å²) in [5.41, 5.74) is -0.524. The number of hydrogen-bond donors (Lipinski definition) is 0. The van der Waals surface area contributed by atoms with Crippen molar-refractivity contribution in [3.05, 3.63) is 33.9 Å². The standard InChI is InChI=1S/C11H14O3/c1-7-5-8(6-9(12)14-7)10(13)11(2,3)4/h5-6H,1-4H3. The molecule has 0 unspecified atom stereocenters. The van der Waals surface area contributed by atoms with Gasteiger partial charge in [0, 0.05) is 17.0 Å². The smallest absolute Gasteiger partial charge is 0.336 e. The van der Waals surface area contributed by atoms with Crippen LogP contribution in [0.1, 0.15) is 36.9 Å². The van der Waals surface area contributed by atoms with Gasteiger partial charge in [-0.25, -0.2) is 4.79 Å². The third-order valence-corrected chi connectivity index (χ3v) is 1.84. The van der Waals surface area contributed by atoms with Crippen molar-refractivity contribution in [3.63, 3.8) is 0 Å². The molecule has 0 N–H and O–H groups in total. The number of aryl methyl sites for hydroxylation is 1. The highest BCUT2D eigenvalue weighted by Crippen LogP contribution is 2.20. The first kappa shape index (κ1) is 10.7. The van der Waals surface area contributed by atoms with Gasteiger partial charge in [0.05, 0.1) is 0 Å². The van der Waals surface area contributed by atoms with E-state index in [9.17, 15) is 9.59 Å². The molecule has 0 aliphatic carbocycles. The Bertz CT molecular complexity index is 407. The maximum absolute atomic E-state index is 11.8. The minimum absolute atomic E-state index is 0.0477. The lowest BCUT2D eigenvalue weighted by Crippen LogP contribution is -2.21. The average molecular weight is 194 g/mol. The molecular formula is C11H14O3. The van der Waals surface area contributed by atoms with E-state index in [-0.39, 0.29) is 5.78 Å². The number of ketones is 1. The molecule has 0 saturated heterocycles. The normalized spacial score (nSPS) is 11.4. The van der Waals surface area contributed by atoms with Gasteiger partial charge in [-0.15, -0.1) is 0 Å². The molecule has 0 fully saturated rings. The molecule has 0 aromatic carbocycles. The van der Waals surface area contributed by atoms with Crippen LogP contribution in [0.25, 0.3) is 0 Å². The Morgan fingerprint density at radius 3 is 2.29 bits per heavy atom. The van der Waals surface area contributed by atoms with Gasteiger partial charge in [0.15, 0.2) is 5.78 Å². The van der Waals surface area contributed by atoms with Crippen LogP contribution in [-0.2, 0) is 0 Å². The van der Waals surface area contributed by atoms with Crippen LogP contribution in [0.3, 0.4) is 0 Å². The van der Waals surface area contributed by atoms with E-state index in [0.29, 0.717) is 11.3 Å². The fourth-order valence-corrected chi connectivity index (χ4v) is 1.17. The Kier molecular flexibility index (Phi) is 2.60. The Balaban J connectivity index is 3.21. The largest absolute Gasteiger partial charge is 0.428 e. The maximum atomic E-state index is 11.8. The van der Waals surface area contributed by atoms with Gasteiger partial charge in [0.25, 0.3) is 0 Å². The molecule has 0 atom stereocenters. The van der Waals surface area contributed by atoms with E-state index in [4.69, 9.17) is 4.42 Å². The van der Waals surface area contributed by atoms with E-state index < -0.39 is 11.0 Å². The summed E-state index contributed by atoms with van der Waals surface area (Å²) in [7, 11) is 0. The Morgan fingerprint density at radius 1 is 1.29 bits per heavy atom. The zero-order valence-electron chi connectivity index (χ0n) is 8.88. The van der Waals surface area contributed by atoms with Crippen molar-refractivity contribution in [1.82, 2.24) is 0 Å². The second kappa shape index (κ2) is 3.40. The Hall–Kier alpha value is -1.38. The van der Waals surface area contributed by atoms with Crippen LogP contribution in [0.5, 0.6) is 0 Å². The highest BCUT2D eigenvalue weighted by molar-refractivity contribution is 5.99. The van der Waals surface area contributed by atoms with Gasteiger partial charge in [-0.3, -0.25) is 4.79 Å². The number of hydrogen-bond acceptors (Lipinski definition) is 3. The predicted molar refractivity (Wildman–Crippen MR) is 53.5 cm³/mol. The van der Waals surface area contributed by atoms with Crippen molar-refractivity contribution in [2.45, 2.75) is 27.7 Å². The van der Waals surface area contributed by atoms with Gasteiger partial charge < -0.3 is 4.42 Å². The summed E-state index contributed by atoms with van der Waals surface area (Å²) in [6, 6.07) is 2.83. The van der Waals surface area contributed by atoms with Crippen LogP contribution in [0.15, 0.2) is 21.3 Å². The van der Waals surface area contributed by atoms with Gasteiger partial charge in [-0.05, 0) is 13.0 Å². The summed E-state index contributed by atoms with van der Waals surface area (Å²) >= 11 is 0. The number of carbonyl (C=O) groups is 1. The third kappa shape index (κ3) is 2.31. The lowest BCUT2D eigenvalue weighted by Gasteiger charge is -2.16. The fraction of sp³-hybridized carbons (Fsp3) is 0.455. The SMILES string of the molecule is Cc1cc(C(=O)C(C)(C)C)cc(=O)o1. The first-order valence-corrected chi connectivity index (χ1v) is 4.47. The minimum Gasteiger partial charge on any atom is -0.428 e. The van der Waals surface area contributed by atoms with Crippen LogP contribution < -0.4 is 5.63 Å². The van der Waals surface area contributed by atoms with E-state index in [1.54, 1.807) is 13.0 Å². The lowest BCUT2D eigenvalue weighted by molar-refractivity contribution is 0.0857. The molecule has 1 rings (SSSR count). The molecule has 1 heterocycles. The number of carbonyl (C=O) groups excluding carboxylic acids is 1. The minimum atomic E-state index is -0.474. The molecule has 3 heteroatoms. The molecule has 3 nitrogen and oxygen atoms in total. The summed E-state index contributed by atoms with van der Waals surface area (Å²) in [6.45, 7) is 7.11. The lowest BCUT2D eigenvalue weighted by atomic mass is 9.87. The Morgan fingerprint density at radius 2 is 1.86 bits per heavy atom. The van der Waals surface area contributed by atoms with Gasteiger partial charge >= 0.3 is 5.63 Å². The van der Waals surface area contributed by atoms with Crippen LogP contribution in [0.2, 0.25) is 0 Å². The van der Waals surface area contributed by atoms with Crippen molar-refractivity contribution in [2.75, 3.05) is 0 Å². The molecule has 0 spiro atoms. The van der Waals surface area contributed by atoms with Crippen molar-refractivity contribution >= 4 is 5.78 Å². The highest BCUT2D eigenvalue weighted by atomic mass is 16.4. The second-order valence-electron chi connectivity index (χ2n) is 4.35. The van der Waals surface area contributed by atoms with Gasteiger partial charge in [0.2, 0.25) is 0 Å². The molecular weight excluding hydrogens is 180 g/mol. The van der Waals surface area contributed by atoms with E-state index in [1.165, 1.54) is 6.07 Å². The molecule has 0 radical (unpaired) electrons. The number of Topliss-reactive ketones (excluding diaryl/α,β-unsaturated/α-hetero) is 1. The van der Waals surface area contributed by atoms with Crippen molar-refractivity contribution in [3.8, 4) is 0 Å². The first-order valence-electron chi connectivity index (χ1n) is 4.47. The first-order chi connectivity index (χ1) is 6.30. The predicted octanol–water partition coefficient (Wildman–Crippen LogP) is 2.18. The molecule has 1 aromatic heterocycles. The topological polar surface area (TPSA) is 47.3 Å². The van der Waals surface area contributed by atoms with E-state index in [1.807, 2.05) is 20.8 Å². The molecule has 0 amide bonds.